The molecule has 224 valence electrons. The minimum atomic E-state index is -3.43. The second-order valence-corrected chi connectivity index (χ2v) is 13.0. The summed E-state index contributed by atoms with van der Waals surface area (Å²) in [5.74, 6) is 2.05. The molecule has 0 atom stereocenters. The lowest BCUT2D eigenvalue weighted by Gasteiger charge is -2.47. The first-order chi connectivity index (χ1) is 20.7. The van der Waals surface area contributed by atoms with Crippen LogP contribution in [0.2, 0.25) is 0 Å². The highest BCUT2D eigenvalue weighted by molar-refractivity contribution is 7.91. The summed E-state index contributed by atoms with van der Waals surface area (Å²) in [7, 11) is -0.162. The Morgan fingerprint density at radius 3 is 2.53 bits per heavy atom. The lowest BCUT2D eigenvalue weighted by molar-refractivity contribution is -0.113. The van der Waals surface area contributed by atoms with Crippen LogP contribution in [-0.2, 0) is 21.1 Å². The maximum atomic E-state index is 13.1. The smallest absolute Gasteiger partial charge is 0.415 e. The Hall–Kier alpha value is -4.42. The molecule has 0 saturated carbocycles. The molecule has 0 spiro atoms. The van der Waals surface area contributed by atoms with Crippen molar-refractivity contribution < 1.29 is 27.4 Å². The standard InChI is InChI=1S/C31H33N5O6S/c1-21-8-13-26-25(16-21)28(34-29(33-26)36-14-15-43(38,39)27-7-5-4-6-22(27)17-36)32-18-31(19-41-20-31)35(2)30(37)42-24-11-9-23(40-3)10-12-24/h4-13,16H,14-15,17-20H2,1-3H3,(H,32,33,34). The topological polar surface area (TPSA) is 123 Å². The first-order valence-electron chi connectivity index (χ1n) is 13.9. The number of nitrogens with one attached hydrogen (secondary N) is 1. The van der Waals surface area contributed by atoms with Crippen molar-refractivity contribution in [2.75, 3.05) is 56.4 Å². The molecule has 43 heavy (non-hydrogen) atoms. The molecule has 12 heteroatoms. The van der Waals surface area contributed by atoms with Crippen molar-refractivity contribution >= 4 is 38.6 Å². The van der Waals surface area contributed by atoms with Gasteiger partial charge in [0.25, 0.3) is 0 Å². The monoisotopic (exact) mass is 603 g/mol. The molecular formula is C31H33N5O6S. The lowest BCUT2D eigenvalue weighted by atomic mass is 9.95. The number of fused-ring (bicyclic) bond motifs is 2. The molecule has 1 saturated heterocycles. The van der Waals surface area contributed by atoms with Crippen LogP contribution >= 0.6 is 0 Å². The molecule has 1 amide bonds. The Morgan fingerprint density at radius 2 is 1.81 bits per heavy atom. The van der Waals surface area contributed by atoms with E-state index < -0.39 is 21.5 Å². The normalized spacial score (nSPS) is 16.9. The van der Waals surface area contributed by atoms with Crippen molar-refractivity contribution in [3.8, 4) is 11.5 Å². The molecule has 0 radical (unpaired) electrons. The van der Waals surface area contributed by atoms with E-state index in [9.17, 15) is 13.2 Å². The summed E-state index contributed by atoms with van der Waals surface area (Å²) in [6.07, 6.45) is -0.510. The van der Waals surface area contributed by atoms with Gasteiger partial charge in [-0.05, 0) is 55.0 Å². The number of carbonyl (C=O) groups is 1. The van der Waals surface area contributed by atoms with E-state index in [1.54, 1.807) is 55.5 Å². The SMILES string of the molecule is COc1ccc(OC(=O)N(C)C2(CNc3nc(N4CCS(=O)(=O)c5ccccc5C4)nc4ccc(C)cc34)COC2)cc1. The van der Waals surface area contributed by atoms with Gasteiger partial charge in [0.05, 0.1) is 36.5 Å². The van der Waals surface area contributed by atoms with E-state index in [1.165, 1.54) is 0 Å². The van der Waals surface area contributed by atoms with Gasteiger partial charge in [0, 0.05) is 32.1 Å². The van der Waals surface area contributed by atoms with Gasteiger partial charge in [-0.2, -0.15) is 4.98 Å². The van der Waals surface area contributed by atoms with Crippen molar-refractivity contribution in [2.45, 2.75) is 23.9 Å². The summed E-state index contributed by atoms with van der Waals surface area (Å²) in [4.78, 5) is 26.7. The minimum absolute atomic E-state index is 0.0381. The van der Waals surface area contributed by atoms with Crippen LogP contribution in [0.1, 0.15) is 11.1 Å². The highest BCUT2D eigenvalue weighted by atomic mass is 32.2. The summed E-state index contributed by atoms with van der Waals surface area (Å²) in [6, 6.07) is 19.8. The number of anilines is 2. The fourth-order valence-corrected chi connectivity index (χ4v) is 6.75. The molecule has 1 aromatic heterocycles. The molecule has 0 aliphatic carbocycles. The molecule has 2 aliphatic heterocycles. The first-order valence-corrected chi connectivity index (χ1v) is 15.6. The fraction of sp³-hybridized carbons (Fsp3) is 0.323. The van der Waals surface area contributed by atoms with Gasteiger partial charge in [0.1, 0.15) is 22.9 Å². The highest BCUT2D eigenvalue weighted by Gasteiger charge is 2.45. The van der Waals surface area contributed by atoms with E-state index in [1.807, 2.05) is 42.2 Å². The molecule has 11 nitrogen and oxygen atoms in total. The van der Waals surface area contributed by atoms with E-state index >= 15 is 0 Å². The molecule has 3 heterocycles. The van der Waals surface area contributed by atoms with Crippen molar-refractivity contribution in [1.82, 2.24) is 14.9 Å². The Bertz CT molecular complexity index is 1780. The number of rotatable bonds is 7. The number of ether oxygens (including phenoxy) is 3. The predicted octanol–water partition coefficient (Wildman–Crippen LogP) is 4.05. The number of amides is 1. The first kappa shape index (κ1) is 28.7. The Balaban J connectivity index is 1.27. The highest BCUT2D eigenvalue weighted by Crippen LogP contribution is 2.31. The number of hydrogen-bond acceptors (Lipinski definition) is 10. The minimum Gasteiger partial charge on any atom is -0.497 e. The largest absolute Gasteiger partial charge is 0.497 e. The molecule has 0 unspecified atom stereocenters. The van der Waals surface area contributed by atoms with E-state index in [4.69, 9.17) is 24.2 Å². The Morgan fingerprint density at radius 1 is 1.07 bits per heavy atom. The quantitative estimate of drug-likeness (QED) is 0.331. The maximum absolute atomic E-state index is 13.1. The third-order valence-corrected chi connectivity index (χ3v) is 9.79. The Labute approximate surface area is 250 Å². The van der Waals surface area contributed by atoms with Gasteiger partial charge < -0.3 is 24.4 Å². The van der Waals surface area contributed by atoms with E-state index in [0.29, 0.717) is 60.0 Å². The van der Waals surface area contributed by atoms with Crippen LogP contribution in [0.15, 0.2) is 71.6 Å². The van der Waals surface area contributed by atoms with Crippen molar-refractivity contribution in [1.29, 1.82) is 0 Å². The number of nitrogens with zero attached hydrogens (tertiary/aromatic N) is 4. The number of likely N-dealkylation sites (N-methyl/N-ethyl adjacent to an activating group) is 1. The van der Waals surface area contributed by atoms with Gasteiger partial charge in [-0.25, -0.2) is 18.2 Å². The molecule has 3 aromatic carbocycles. The van der Waals surface area contributed by atoms with Crippen molar-refractivity contribution in [2.24, 2.45) is 0 Å². The number of sulfone groups is 1. The molecule has 1 N–H and O–H groups in total. The van der Waals surface area contributed by atoms with Crippen LogP contribution in [0.4, 0.5) is 16.6 Å². The van der Waals surface area contributed by atoms with Gasteiger partial charge in [-0.15, -0.1) is 0 Å². The van der Waals surface area contributed by atoms with Gasteiger partial charge in [0.15, 0.2) is 9.84 Å². The summed E-state index contributed by atoms with van der Waals surface area (Å²) in [6.45, 7) is 3.61. The summed E-state index contributed by atoms with van der Waals surface area (Å²) in [5.41, 5.74) is 1.82. The zero-order chi connectivity index (χ0) is 30.2. The summed E-state index contributed by atoms with van der Waals surface area (Å²) < 4.78 is 42.3. The van der Waals surface area contributed by atoms with Gasteiger partial charge in [-0.1, -0.05) is 29.8 Å². The van der Waals surface area contributed by atoms with Crippen LogP contribution in [0.25, 0.3) is 10.9 Å². The van der Waals surface area contributed by atoms with Crippen LogP contribution in [0.3, 0.4) is 0 Å². The average Bonchev–Trinajstić information content (AvgIpc) is 3.12. The number of hydrogen-bond donors (Lipinski definition) is 1. The van der Waals surface area contributed by atoms with Crippen molar-refractivity contribution in [3.63, 3.8) is 0 Å². The average molecular weight is 604 g/mol. The van der Waals surface area contributed by atoms with E-state index in [-0.39, 0.29) is 12.3 Å². The van der Waals surface area contributed by atoms with E-state index in [2.05, 4.69) is 5.32 Å². The predicted molar refractivity (Wildman–Crippen MR) is 163 cm³/mol. The zero-order valence-electron chi connectivity index (χ0n) is 24.2. The zero-order valence-corrected chi connectivity index (χ0v) is 25.1. The lowest BCUT2D eigenvalue weighted by Crippen LogP contribution is -2.66. The second-order valence-electron chi connectivity index (χ2n) is 10.9. The Kier molecular flexibility index (Phi) is 7.57. The molecule has 4 aromatic rings. The van der Waals surface area contributed by atoms with Gasteiger partial charge in [-0.3, -0.25) is 4.90 Å². The van der Waals surface area contributed by atoms with E-state index in [0.717, 1.165) is 16.5 Å². The maximum Gasteiger partial charge on any atom is 0.415 e. The number of aryl methyl sites for hydroxylation is 1. The van der Waals surface area contributed by atoms with Crippen LogP contribution in [-0.4, -0.2) is 81.1 Å². The third-order valence-electron chi connectivity index (χ3n) is 8.00. The third kappa shape index (κ3) is 5.67. The molecule has 0 bridgehead atoms. The van der Waals surface area contributed by atoms with Crippen LogP contribution in [0, 0.1) is 6.92 Å². The molecule has 6 rings (SSSR count). The number of aromatic nitrogens is 2. The number of benzene rings is 3. The van der Waals surface area contributed by atoms with Crippen molar-refractivity contribution in [3.05, 3.63) is 77.9 Å². The summed E-state index contributed by atoms with van der Waals surface area (Å²) >= 11 is 0. The van der Waals surface area contributed by atoms with Gasteiger partial charge >= 0.3 is 6.09 Å². The molecule has 2 aliphatic rings. The fourth-order valence-electron chi connectivity index (χ4n) is 5.25. The number of carbonyl (C=O) groups excluding carboxylic acids is 1. The molecule has 1 fully saturated rings. The van der Waals surface area contributed by atoms with Crippen LogP contribution in [0.5, 0.6) is 11.5 Å². The second kappa shape index (κ2) is 11.3. The summed E-state index contributed by atoms with van der Waals surface area (Å²) in [5, 5.41) is 4.29. The van der Waals surface area contributed by atoms with Gasteiger partial charge in [0.2, 0.25) is 5.95 Å². The number of methoxy groups -OCH3 is 1. The van der Waals surface area contributed by atoms with Crippen LogP contribution < -0.4 is 19.7 Å². The molecular weight excluding hydrogens is 570 g/mol.